The lowest BCUT2D eigenvalue weighted by molar-refractivity contribution is 0.659. The highest BCUT2D eigenvalue weighted by Crippen LogP contribution is 2.15. The molecule has 0 amide bonds. The van der Waals surface area contributed by atoms with Gasteiger partial charge in [-0.05, 0) is 6.42 Å². The number of nitrogens with one attached hydrogen (secondary N) is 1. The fourth-order valence-electron chi connectivity index (χ4n) is 1.59. The smallest absolute Gasteiger partial charge is 0.292 e. The average molecular weight is 268 g/mol. The zero-order chi connectivity index (χ0) is 13.4. The first-order chi connectivity index (χ1) is 8.70. The van der Waals surface area contributed by atoms with Gasteiger partial charge in [-0.15, -0.1) is 6.42 Å². The first kappa shape index (κ1) is 14.6. The second kappa shape index (κ2) is 7.78. The molecule has 1 N–H and O–H groups in total. The Bertz CT molecular complexity index is 476. The van der Waals surface area contributed by atoms with Gasteiger partial charge in [0, 0.05) is 6.54 Å². The van der Waals surface area contributed by atoms with Crippen LogP contribution in [0.3, 0.4) is 0 Å². The third-order valence-corrected chi connectivity index (χ3v) is 2.86. The van der Waals surface area contributed by atoms with Gasteiger partial charge in [0.05, 0.1) is 11.2 Å². The summed E-state index contributed by atoms with van der Waals surface area (Å²) >= 11 is 5.95. The fraction of sp³-hybridized carbons (Fsp3) is 0.538. The Hall–Kier alpha value is -1.47. The van der Waals surface area contributed by atoms with Crippen molar-refractivity contribution in [1.29, 1.82) is 0 Å². The minimum Gasteiger partial charge on any atom is -0.379 e. The second-order valence-electron chi connectivity index (χ2n) is 4.02. The highest BCUT2D eigenvalue weighted by molar-refractivity contribution is 6.32. The number of terminal acetylenes is 1. The first-order valence-corrected chi connectivity index (χ1v) is 6.51. The van der Waals surface area contributed by atoms with Crippen LogP contribution in [0.25, 0.3) is 0 Å². The number of unbranched alkanes of at least 4 members (excludes halogenated alkanes) is 3. The molecule has 0 radical (unpaired) electrons. The fourth-order valence-corrected chi connectivity index (χ4v) is 1.78. The van der Waals surface area contributed by atoms with Gasteiger partial charge < -0.3 is 5.32 Å². The minimum atomic E-state index is -0.268. The number of hydrogen-bond acceptors (Lipinski definition) is 3. The third kappa shape index (κ3) is 4.08. The van der Waals surface area contributed by atoms with E-state index in [1.165, 1.54) is 23.7 Å². The zero-order valence-electron chi connectivity index (χ0n) is 10.6. The van der Waals surface area contributed by atoms with Crippen molar-refractivity contribution in [2.45, 2.75) is 39.2 Å². The molecule has 0 spiro atoms. The van der Waals surface area contributed by atoms with E-state index < -0.39 is 0 Å². The van der Waals surface area contributed by atoms with Crippen molar-refractivity contribution in [3.8, 4) is 12.3 Å². The molecular weight excluding hydrogens is 250 g/mol. The number of nitrogens with zero attached hydrogens (tertiary/aromatic N) is 2. The number of aromatic nitrogens is 2. The Labute approximate surface area is 112 Å². The van der Waals surface area contributed by atoms with Gasteiger partial charge >= 0.3 is 0 Å². The summed E-state index contributed by atoms with van der Waals surface area (Å²) in [6.07, 6.45) is 11.2. The molecule has 0 aliphatic heterocycles. The van der Waals surface area contributed by atoms with Crippen LogP contribution in [0.2, 0.25) is 5.02 Å². The Morgan fingerprint density at radius 2 is 2.28 bits per heavy atom. The largest absolute Gasteiger partial charge is 0.379 e. The Kier molecular flexibility index (Phi) is 6.31. The number of hydrogen-bond donors (Lipinski definition) is 1. The van der Waals surface area contributed by atoms with Crippen LogP contribution in [0.5, 0.6) is 0 Å². The van der Waals surface area contributed by atoms with E-state index in [2.05, 4.69) is 23.3 Å². The van der Waals surface area contributed by atoms with E-state index >= 15 is 0 Å². The topological polar surface area (TPSA) is 46.9 Å². The van der Waals surface area contributed by atoms with Crippen LogP contribution in [0.4, 0.5) is 5.69 Å². The first-order valence-electron chi connectivity index (χ1n) is 6.13. The maximum absolute atomic E-state index is 12.0. The molecule has 1 rings (SSSR count). The predicted molar refractivity (Wildman–Crippen MR) is 75.0 cm³/mol. The summed E-state index contributed by atoms with van der Waals surface area (Å²) in [7, 11) is 0. The van der Waals surface area contributed by atoms with E-state index in [0.29, 0.717) is 10.7 Å². The quantitative estimate of drug-likeness (QED) is 0.610. The maximum Gasteiger partial charge on any atom is 0.292 e. The van der Waals surface area contributed by atoms with E-state index in [9.17, 15) is 4.79 Å². The molecule has 0 aliphatic carbocycles. The SMILES string of the molecule is C#CCn1ncc(Cl)c(NCCCCCC)c1=O. The average Bonchev–Trinajstić information content (AvgIpc) is 2.36. The van der Waals surface area contributed by atoms with Gasteiger partial charge in [0.15, 0.2) is 0 Å². The van der Waals surface area contributed by atoms with E-state index in [-0.39, 0.29) is 12.1 Å². The van der Waals surface area contributed by atoms with Gasteiger partial charge in [0.1, 0.15) is 12.2 Å². The van der Waals surface area contributed by atoms with Gasteiger partial charge in [0.25, 0.3) is 5.56 Å². The van der Waals surface area contributed by atoms with E-state index in [0.717, 1.165) is 19.4 Å². The van der Waals surface area contributed by atoms with Gasteiger partial charge in [-0.3, -0.25) is 4.79 Å². The van der Waals surface area contributed by atoms with Crippen LogP contribution in [-0.2, 0) is 6.54 Å². The molecule has 0 bridgehead atoms. The van der Waals surface area contributed by atoms with Crippen LogP contribution in [0, 0.1) is 12.3 Å². The summed E-state index contributed by atoms with van der Waals surface area (Å²) in [4.78, 5) is 12.0. The maximum atomic E-state index is 12.0. The molecule has 4 nitrogen and oxygen atoms in total. The highest BCUT2D eigenvalue weighted by Gasteiger charge is 2.08. The van der Waals surface area contributed by atoms with Gasteiger partial charge in [-0.2, -0.15) is 5.10 Å². The molecule has 0 aromatic carbocycles. The highest BCUT2D eigenvalue weighted by atomic mass is 35.5. The molecule has 98 valence electrons. The standard InChI is InChI=1S/C13H18ClN3O/c1-3-5-6-7-8-15-12-11(14)10-16-17(9-4-2)13(12)18/h2,10,15H,3,5-9H2,1H3. The predicted octanol–water partition coefficient (Wildman–Crippen LogP) is 2.52. The van der Waals surface area contributed by atoms with Crippen molar-refractivity contribution in [1.82, 2.24) is 9.78 Å². The second-order valence-corrected chi connectivity index (χ2v) is 4.43. The lowest BCUT2D eigenvalue weighted by Crippen LogP contribution is -2.26. The summed E-state index contributed by atoms with van der Waals surface area (Å²) in [5.41, 5.74) is 0.120. The molecule has 0 unspecified atom stereocenters. The van der Waals surface area contributed by atoms with Crippen LogP contribution in [0.1, 0.15) is 32.6 Å². The van der Waals surface area contributed by atoms with Crippen molar-refractivity contribution in [3.05, 3.63) is 21.6 Å². The summed E-state index contributed by atoms with van der Waals surface area (Å²) in [5.74, 6) is 2.39. The number of rotatable bonds is 7. The van der Waals surface area contributed by atoms with Crippen LogP contribution >= 0.6 is 11.6 Å². The lowest BCUT2D eigenvalue weighted by Gasteiger charge is -2.09. The molecule has 5 heteroatoms. The van der Waals surface area contributed by atoms with Crippen molar-refractivity contribution in [2.75, 3.05) is 11.9 Å². The van der Waals surface area contributed by atoms with Crippen LogP contribution in [0.15, 0.2) is 11.0 Å². The van der Waals surface area contributed by atoms with Crippen molar-refractivity contribution >= 4 is 17.3 Å². The lowest BCUT2D eigenvalue weighted by atomic mass is 10.2. The summed E-state index contributed by atoms with van der Waals surface area (Å²) in [6.45, 7) is 3.04. The Morgan fingerprint density at radius 1 is 1.50 bits per heavy atom. The molecule has 0 fully saturated rings. The molecule has 0 atom stereocenters. The van der Waals surface area contributed by atoms with E-state index in [4.69, 9.17) is 18.0 Å². The summed E-state index contributed by atoms with van der Waals surface area (Å²) in [5, 5.41) is 7.28. The molecule has 0 saturated carbocycles. The van der Waals surface area contributed by atoms with Crippen molar-refractivity contribution < 1.29 is 0 Å². The molecule has 18 heavy (non-hydrogen) atoms. The Morgan fingerprint density at radius 3 is 2.94 bits per heavy atom. The number of halogens is 1. The molecule has 0 saturated heterocycles. The van der Waals surface area contributed by atoms with E-state index in [1.807, 2.05) is 0 Å². The molecule has 1 heterocycles. The molecule has 0 aliphatic rings. The normalized spacial score (nSPS) is 10.1. The van der Waals surface area contributed by atoms with E-state index in [1.54, 1.807) is 0 Å². The minimum absolute atomic E-state index is 0.153. The molecular formula is C13H18ClN3O. The monoisotopic (exact) mass is 267 g/mol. The molecule has 1 aromatic heterocycles. The number of anilines is 1. The van der Waals surface area contributed by atoms with Gasteiger partial charge in [0.2, 0.25) is 0 Å². The zero-order valence-corrected chi connectivity index (χ0v) is 11.3. The van der Waals surface area contributed by atoms with Crippen LogP contribution < -0.4 is 10.9 Å². The molecule has 1 aromatic rings. The Balaban J connectivity index is 2.67. The van der Waals surface area contributed by atoms with Gasteiger partial charge in [-0.1, -0.05) is 43.7 Å². The van der Waals surface area contributed by atoms with Crippen molar-refractivity contribution in [3.63, 3.8) is 0 Å². The van der Waals surface area contributed by atoms with Crippen LogP contribution in [-0.4, -0.2) is 16.3 Å². The third-order valence-electron chi connectivity index (χ3n) is 2.57. The summed E-state index contributed by atoms with van der Waals surface area (Å²) in [6, 6.07) is 0. The van der Waals surface area contributed by atoms with Crippen molar-refractivity contribution in [2.24, 2.45) is 0 Å². The van der Waals surface area contributed by atoms with Gasteiger partial charge in [-0.25, -0.2) is 4.68 Å². The summed E-state index contributed by atoms with van der Waals surface area (Å²) < 4.78 is 1.22.